The molecule has 6 heteroatoms. The highest BCUT2D eigenvalue weighted by Crippen LogP contribution is 2.61. The van der Waals surface area contributed by atoms with E-state index in [1.54, 1.807) is 31.2 Å². The first kappa shape index (κ1) is 19.9. The number of nitrogens with one attached hydrogen (secondary N) is 1. The van der Waals surface area contributed by atoms with Gasteiger partial charge in [0.05, 0.1) is 18.6 Å². The Labute approximate surface area is 171 Å². The van der Waals surface area contributed by atoms with E-state index >= 15 is 0 Å². The molecule has 0 unspecified atom stereocenters. The normalized spacial score (nSPS) is 29.3. The van der Waals surface area contributed by atoms with Crippen LogP contribution in [0.2, 0.25) is 0 Å². The van der Waals surface area contributed by atoms with Crippen LogP contribution in [-0.4, -0.2) is 31.1 Å². The van der Waals surface area contributed by atoms with Gasteiger partial charge in [-0.05, 0) is 92.9 Å². The van der Waals surface area contributed by atoms with Crippen molar-refractivity contribution in [1.82, 2.24) is 0 Å². The summed E-state index contributed by atoms with van der Waals surface area (Å²) in [4.78, 5) is 36.2. The summed E-state index contributed by atoms with van der Waals surface area (Å²) in [6, 6.07) is 6.43. The third kappa shape index (κ3) is 4.62. The second kappa shape index (κ2) is 8.17. The van der Waals surface area contributed by atoms with Crippen LogP contribution in [-0.2, 0) is 19.1 Å². The fourth-order valence-corrected chi connectivity index (χ4v) is 6.11. The summed E-state index contributed by atoms with van der Waals surface area (Å²) < 4.78 is 10.2. The summed E-state index contributed by atoms with van der Waals surface area (Å²) in [6.07, 6.45) is 7.90. The van der Waals surface area contributed by atoms with E-state index in [1.165, 1.54) is 19.3 Å². The van der Waals surface area contributed by atoms with Crippen LogP contribution in [0, 0.1) is 23.2 Å². The van der Waals surface area contributed by atoms with Gasteiger partial charge < -0.3 is 14.8 Å². The van der Waals surface area contributed by atoms with Crippen molar-refractivity contribution in [3.05, 3.63) is 29.8 Å². The van der Waals surface area contributed by atoms with Gasteiger partial charge in [0.2, 0.25) is 0 Å². The second-order valence-corrected chi connectivity index (χ2v) is 9.10. The van der Waals surface area contributed by atoms with Gasteiger partial charge in [0.25, 0.3) is 5.91 Å². The Hall–Kier alpha value is -2.37. The minimum atomic E-state index is -0.399. The van der Waals surface area contributed by atoms with E-state index in [0.717, 1.165) is 37.0 Å². The molecule has 29 heavy (non-hydrogen) atoms. The zero-order valence-corrected chi connectivity index (χ0v) is 16.9. The van der Waals surface area contributed by atoms with Crippen LogP contribution in [0.3, 0.4) is 0 Å². The van der Waals surface area contributed by atoms with Crippen LogP contribution in [0.15, 0.2) is 24.3 Å². The molecule has 4 saturated carbocycles. The maximum Gasteiger partial charge on any atom is 0.338 e. The van der Waals surface area contributed by atoms with Crippen LogP contribution in [0.1, 0.15) is 62.2 Å². The maximum atomic E-state index is 12.4. The number of anilines is 1. The van der Waals surface area contributed by atoms with Crippen LogP contribution >= 0.6 is 0 Å². The number of rotatable bonds is 7. The second-order valence-electron chi connectivity index (χ2n) is 9.10. The number of carbonyl (C=O) groups excluding carboxylic acids is 3. The zero-order valence-electron chi connectivity index (χ0n) is 16.9. The summed E-state index contributed by atoms with van der Waals surface area (Å²) >= 11 is 0. The molecule has 0 atom stereocenters. The molecule has 1 amide bonds. The van der Waals surface area contributed by atoms with Crippen molar-refractivity contribution < 1.29 is 23.9 Å². The molecule has 4 aliphatic carbocycles. The predicted molar refractivity (Wildman–Crippen MR) is 107 cm³/mol. The fourth-order valence-electron chi connectivity index (χ4n) is 6.11. The smallest absolute Gasteiger partial charge is 0.338 e. The standard InChI is InChI=1S/C23H29NO5/c1-2-28-22(27)18-3-5-19(6-4-18)24-20(25)14-29-21(26)13-23-10-15-7-16(11-23)9-17(8-15)12-23/h3-6,15-17H,2,7-14H2,1H3,(H,24,25). The van der Waals surface area contributed by atoms with E-state index in [2.05, 4.69) is 5.32 Å². The number of ether oxygens (including phenoxy) is 2. The molecule has 4 bridgehead atoms. The first-order valence-corrected chi connectivity index (χ1v) is 10.7. The van der Waals surface area contributed by atoms with E-state index < -0.39 is 5.97 Å². The van der Waals surface area contributed by atoms with Crippen LogP contribution in [0.25, 0.3) is 0 Å². The lowest BCUT2D eigenvalue weighted by molar-refractivity contribution is -0.154. The van der Waals surface area contributed by atoms with Crippen LogP contribution in [0.5, 0.6) is 0 Å². The lowest BCUT2D eigenvalue weighted by Crippen LogP contribution is -2.47. The molecule has 0 aliphatic heterocycles. The molecule has 156 valence electrons. The molecular weight excluding hydrogens is 370 g/mol. The SMILES string of the molecule is CCOC(=O)c1ccc(NC(=O)COC(=O)CC23CC4CC(CC(C4)C2)C3)cc1. The highest BCUT2D eigenvalue weighted by atomic mass is 16.5. The Morgan fingerprint density at radius 2 is 1.55 bits per heavy atom. The van der Waals surface area contributed by atoms with Crippen molar-refractivity contribution in [2.24, 2.45) is 23.2 Å². The number of esters is 2. The summed E-state index contributed by atoms with van der Waals surface area (Å²) in [5.74, 6) is 1.32. The predicted octanol–water partition coefficient (Wildman–Crippen LogP) is 3.95. The summed E-state index contributed by atoms with van der Waals surface area (Å²) in [5, 5.41) is 2.69. The van der Waals surface area contributed by atoms with Crippen molar-refractivity contribution in [2.75, 3.05) is 18.5 Å². The first-order chi connectivity index (χ1) is 13.9. The molecule has 1 N–H and O–H groups in total. The van der Waals surface area contributed by atoms with Gasteiger partial charge in [-0.15, -0.1) is 0 Å². The summed E-state index contributed by atoms with van der Waals surface area (Å²) in [5.41, 5.74) is 1.08. The van der Waals surface area contributed by atoms with Crippen LogP contribution in [0.4, 0.5) is 5.69 Å². The quantitative estimate of drug-likeness (QED) is 0.702. The topological polar surface area (TPSA) is 81.7 Å². The van der Waals surface area contributed by atoms with Crippen molar-refractivity contribution in [3.63, 3.8) is 0 Å². The average molecular weight is 399 g/mol. The molecular formula is C23H29NO5. The van der Waals surface area contributed by atoms with Gasteiger partial charge in [0, 0.05) is 5.69 Å². The Kier molecular flexibility index (Phi) is 5.61. The van der Waals surface area contributed by atoms with E-state index in [9.17, 15) is 14.4 Å². The van der Waals surface area contributed by atoms with Crippen molar-refractivity contribution in [1.29, 1.82) is 0 Å². The van der Waals surface area contributed by atoms with E-state index in [0.29, 0.717) is 24.3 Å². The van der Waals surface area contributed by atoms with Gasteiger partial charge in [-0.2, -0.15) is 0 Å². The van der Waals surface area contributed by atoms with Gasteiger partial charge in [-0.3, -0.25) is 9.59 Å². The van der Waals surface area contributed by atoms with E-state index in [4.69, 9.17) is 9.47 Å². The Morgan fingerprint density at radius 3 is 2.10 bits per heavy atom. The lowest BCUT2D eigenvalue weighted by atomic mass is 9.49. The molecule has 1 aromatic rings. The zero-order chi connectivity index (χ0) is 20.4. The molecule has 0 spiro atoms. The molecule has 4 fully saturated rings. The van der Waals surface area contributed by atoms with Crippen molar-refractivity contribution >= 4 is 23.5 Å². The van der Waals surface area contributed by atoms with Crippen molar-refractivity contribution in [2.45, 2.75) is 51.9 Å². The molecule has 6 nitrogen and oxygen atoms in total. The van der Waals surface area contributed by atoms with Crippen molar-refractivity contribution in [3.8, 4) is 0 Å². The molecule has 5 rings (SSSR count). The third-order valence-corrected chi connectivity index (χ3v) is 6.73. The Morgan fingerprint density at radius 1 is 0.966 bits per heavy atom. The van der Waals surface area contributed by atoms with Crippen LogP contribution < -0.4 is 5.32 Å². The lowest BCUT2D eigenvalue weighted by Gasteiger charge is -2.56. The van der Waals surface area contributed by atoms with E-state index in [-0.39, 0.29) is 23.9 Å². The molecule has 0 aromatic heterocycles. The first-order valence-electron chi connectivity index (χ1n) is 10.7. The van der Waals surface area contributed by atoms with Gasteiger partial charge in [0.1, 0.15) is 0 Å². The van der Waals surface area contributed by atoms with Gasteiger partial charge >= 0.3 is 11.9 Å². The monoisotopic (exact) mass is 399 g/mol. The van der Waals surface area contributed by atoms with Gasteiger partial charge in [-0.1, -0.05) is 0 Å². The molecule has 1 aromatic carbocycles. The highest BCUT2D eigenvalue weighted by molar-refractivity contribution is 5.94. The molecule has 0 radical (unpaired) electrons. The number of benzene rings is 1. The maximum absolute atomic E-state index is 12.4. The van der Waals surface area contributed by atoms with Gasteiger partial charge in [-0.25, -0.2) is 4.79 Å². The fraction of sp³-hybridized carbons (Fsp3) is 0.609. The molecule has 0 saturated heterocycles. The Balaban J connectivity index is 1.23. The number of amides is 1. The largest absolute Gasteiger partial charge is 0.462 e. The number of hydrogen-bond donors (Lipinski definition) is 1. The number of hydrogen-bond acceptors (Lipinski definition) is 5. The third-order valence-electron chi connectivity index (χ3n) is 6.73. The summed E-state index contributed by atoms with van der Waals surface area (Å²) in [6.45, 7) is 1.77. The minimum absolute atomic E-state index is 0.116. The molecule has 4 aliphatic rings. The highest BCUT2D eigenvalue weighted by Gasteiger charge is 2.51. The minimum Gasteiger partial charge on any atom is -0.462 e. The number of carbonyl (C=O) groups is 3. The van der Waals surface area contributed by atoms with E-state index in [1.807, 2.05) is 0 Å². The molecule has 0 heterocycles. The van der Waals surface area contributed by atoms with Gasteiger partial charge in [0.15, 0.2) is 6.61 Å². The summed E-state index contributed by atoms with van der Waals surface area (Å²) in [7, 11) is 0. The average Bonchev–Trinajstić information content (AvgIpc) is 2.66. The Bertz CT molecular complexity index is 750.